The lowest BCUT2D eigenvalue weighted by Crippen LogP contribution is -2.30. The Morgan fingerprint density at radius 3 is 2.71 bits per heavy atom. The van der Waals surface area contributed by atoms with Crippen molar-refractivity contribution < 1.29 is 18.3 Å². The number of carbonyl (C=O) groups is 1. The molecule has 1 aliphatic rings. The van der Waals surface area contributed by atoms with Gasteiger partial charge in [0.15, 0.2) is 5.43 Å². The molecule has 0 aliphatic carbocycles. The first-order chi connectivity index (χ1) is 16.8. The van der Waals surface area contributed by atoms with E-state index >= 15 is 0 Å². The minimum atomic E-state index is -0.844. The van der Waals surface area contributed by atoms with E-state index < -0.39 is 23.2 Å². The molecule has 1 unspecified atom stereocenters. The number of ether oxygens (including phenoxy) is 1. The van der Waals surface area contributed by atoms with Crippen LogP contribution in [0.1, 0.15) is 48.0 Å². The Hall–Kier alpha value is -3.71. The van der Waals surface area contributed by atoms with E-state index in [9.17, 15) is 14.0 Å². The van der Waals surface area contributed by atoms with Gasteiger partial charge in [-0.15, -0.1) is 0 Å². The maximum Gasteiger partial charge on any atom is 0.296 e. The fourth-order valence-corrected chi connectivity index (χ4v) is 4.31. The van der Waals surface area contributed by atoms with Crippen molar-refractivity contribution in [1.82, 2.24) is 4.98 Å². The molecule has 0 N–H and O–H groups in total. The van der Waals surface area contributed by atoms with Crippen molar-refractivity contribution in [2.45, 2.75) is 26.3 Å². The van der Waals surface area contributed by atoms with Crippen LogP contribution in [-0.4, -0.2) is 17.5 Å². The Kier molecular flexibility index (Phi) is 6.03. The van der Waals surface area contributed by atoms with Crippen LogP contribution in [0.4, 0.5) is 10.2 Å². The van der Waals surface area contributed by atoms with Crippen LogP contribution in [0.5, 0.6) is 5.75 Å². The minimum Gasteiger partial charge on any atom is -0.494 e. The number of fused-ring (bicyclic) bond motifs is 2. The molecule has 4 aromatic rings. The highest BCUT2D eigenvalue weighted by molar-refractivity contribution is 6.30. The number of nitrogens with zero attached hydrogens (tertiary/aromatic N) is 2. The van der Waals surface area contributed by atoms with Crippen molar-refractivity contribution in [3.63, 3.8) is 0 Å². The maximum absolute atomic E-state index is 14.0. The van der Waals surface area contributed by atoms with Gasteiger partial charge in [-0.3, -0.25) is 14.5 Å². The van der Waals surface area contributed by atoms with Gasteiger partial charge in [-0.05, 0) is 60.4 Å². The molecule has 1 amide bonds. The van der Waals surface area contributed by atoms with Gasteiger partial charge in [0, 0.05) is 6.20 Å². The molecule has 5 rings (SSSR count). The number of rotatable bonds is 6. The van der Waals surface area contributed by atoms with Crippen LogP contribution >= 0.6 is 11.6 Å². The second-order valence-electron chi connectivity index (χ2n) is 8.83. The molecule has 0 spiro atoms. The predicted octanol–water partition coefficient (Wildman–Crippen LogP) is 6.16. The van der Waals surface area contributed by atoms with Crippen molar-refractivity contribution >= 4 is 34.3 Å². The van der Waals surface area contributed by atoms with Gasteiger partial charge in [0.1, 0.15) is 23.0 Å². The zero-order chi connectivity index (χ0) is 24.7. The average molecular weight is 493 g/mol. The quantitative estimate of drug-likeness (QED) is 0.322. The molecule has 1 aliphatic heterocycles. The van der Waals surface area contributed by atoms with Gasteiger partial charge in [0.25, 0.3) is 5.91 Å². The van der Waals surface area contributed by atoms with Gasteiger partial charge in [-0.1, -0.05) is 37.6 Å². The lowest BCUT2D eigenvalue weighted by Gasteiger charge is -2.24. The Morgan fingerprint density at radius 1 is 1.14 bits per heavy atom. The molecular weight excluding hydrogens is 471 g/mol. The van der Waals surface area contributed by atoms with E-state index in [0.29, 0.717) is 34.7 Å². The summed E-state index contributed by atoms with van der Waals surface area (Å²) in [6.07, 6.45) is 2.31. The van der Waals surface area contributed by atoms with Gasteiger partial charge in [0.2, 0.25) is 5.76 Å². The molecule has 2 aromatic carbocycles. The zero-order valence-corrected chi connectivity index (χ0v) is 19.9. The standard InChI is InChI=1S/C27H22ClFN2O4/c1-15(2)10-11-34-19-5-3-4-16(12-19)24-23-25(32)20-13-18(29)7-8-21(20)35-26(23)27(33)31(24)22-9-6-17(28)14-30-22/h3-9,12-15,24H,10-11H2,1-2H3. The lowest BCUT2D eigenvalue weighted by atomic mass is 9.98. The summed E-state index contributed by atoms with van der Waals surface area (Å²) in [5, 5.41) is 0.474. The molecule has 0 saturated carbocycles. The van der Waals surface area contributed by atoms with Crippen LogP contribution in [0.15, 0.2) is 70.0 Å². The molecule has 3 heterocycles. The summed E-state index contributed by atoms with van der Waals surface area (Å²) in [4.78, 5) is 32.9. The fraction of sp³-hybridized carbons (Fsp3) is 0.222. The molecule has 1 atom stereocenters. The summed E-state index contributed by atoms with van der Waals surface area (Å²) in [5.74, 6) is 0.224. The second-order valence-corrected chi connectivity index (χ2v) is 9.27. The normalized spacial score (nSPS) is 15.2. The Bertz CT molecular complexity index is 1480. The SMILES string of the molecule is CC(C)CCOc1cccc(C2c3c(oc4ccc(F)cc4c3=O)C(=O)N2c2ccc(Cl)cn2)c1. The number of anilines is 1. The van der Waals surface area contributed by atoms with Crippen LogP contribution in [0.2, 0.25) is 5.02 Å². The van der Waals surface area contributed by atoms with Gasteiger partial charge in [-0.25, -0.2) is 9.37 Å². The second kappa shape index (κ2) is 9.15. The molecule has 0 radical (unpaired) electrons. The monoisotopic (exact) mass is 492 g/mol. The number of hydrogen-bond acceptors (Lipinski definition) is 5. The highest BCUT2D eigenvalue weighted by atomic mass is 35.5. The molecular formula is C27H22ClFN2O4. The third-order valence-corrected chi connectivity index (χ3v) is 6.15. The van der Waals surface area contributed by atoms with Crippen molar-refractivity contribution in [2.24, 2.45) is 5.92 Å². The maximum atomic E-state index is 14.0. The summed E-state index contributed by atoms with van der Waals surface area (Å²) in [5.41, 5.74) is 0.434. The predicted molar refractivity (Wildman–Crippen MR) is 132 cm³/mol. The zero-order valence-electron chi connectivity index (χ0n) is 19.1. The van der Waals surface area contributed by atoms with E-state index in [1.807, 2.05) is 6.07 Å². The molecule has 178 valence electrons. The summed E-state index contributed by atoms with van der Waals surface area (Å²) >= 11 is 6.01. The average Bonchev–Trinajstić information content (AvgIpc) is 3.13. The van der Waals surface area contributed by atoms with Gasteiger partial charge in [0.05, 0.1) is 28.6 Å². The number of amides is 1. The number of pyridine rings is 1. The molecule has 2 aromatic heterocycles. The van der Waals surface area contributed by atoms with Crippen LogP contribution in [0, 0.1) is 11.7 Å². The van der Waals surface area contributed by atoms with Gasteiger partial charge in [-0.2, -0.15) is 0 Å². The lowest BCUT2D eigenvalue weighted by molar-refractivity contribution is 0.0970. The first-order valence-electron chi connectivity index (χ1n) is 11.3. The third-order valence-electron chi connectivity index (χ3n) is 5.93. The molecule has 35 heavy (non-hydrogen) atoms. The van der Waals surface area contributed by atoms with Crippen LogP contribution < -0.4 is 15.1 Å². The van der Waals surface area contributed by atoms with Crippen molar-refractivity contribution in [2.75, 3.05) is 11.5 Å². The van der Waals surface area contributed by atoms with E-state index in [2.05, 4.69) is 18.8 Å². The van der Waals surface area contributed by atoms with E-state index in [1.54, 1.807) is 30.3 Å². The van der Waals surface area contributed by atoms with E-state index in [0.717, 1.165) is 12.5 Å². The molecule has 0 saturated heterocycles. The first kappa shape index (κ1) is 23.1. The Morgan fingerprint density at radius 2 is 1.97 bits per heavy atom. The van der Waals surface area contributed by atoms with Gasteiger partial charge >= 0.3 is 0 Å². The highest BCUT2D eigenvalue weighted by Crippen LogP contribution is 2.41. The van der Waals surface area contributed by atoms with Crippen LogP contribution in [-0.2, 0) is 0 Å². The van der Waals surface area contributed by atoms with Crippen LogP contribution in [0.25, 0.3) is 11.0 Å². The summed E-state index contributed by atoms with van der Waals surface area (Å²) in [6.45, 7) is 4.77. The highest BCUT2D eigenvalue weighted by Gasteiger charge is 2.44. The minimum absolute atomic E-state index is 0.0665. The fourth-order valence-electron chi connectivity index (χ4n) is 4.19. The number of aromatic nitrogens is 1. The number of halogens is 2. The third kappa shape index (κ3) is 4.28. The van der Waals surface area contributed by atoms with Crippen molar-refractivity contribution in [3.05, 3.63) is 98.7 Å². The Balaban J connectivity index is 1.68. The Labute approximate surface area is 205 Å². The molecule has 8 heteroatoms. The number of hydrogen-bond donors (Lipinski definition) is 0. The summed E-state index contributed by atoms with van der Waals surface area (Å²) in [7, 11) is 0. The summed E-state index contributed by atoms with van der Waals surface area (Å²) < 4.78 is 25.8. The molecule has 6 nitrogen and oxygen atoms in total. The van der Waals surface area contributed by atoms with Crippen molar-refractivity contribution in [3.8, 4) is 5.75 Å². The largest absolute Gasteiger partial charge is 0.494 e. The van der Waals surface area contributed by atoms with E-state index in [4.69, 9.17) is 20.8 Å². The topological polar surface area (TPSA) is 72.6 Å². The summed E-state index contributed by atoms with van der Waals surface area (Å²) in [6, 6.07) is 13.3. The first-order valence-corrected chi connectivity index (χ1v) is 11.7. The molecule has 0 fully saturated rings. The van der Waals surface area contributed by atoms with Gasteiger partial charge < -0.3 is 9.15 Å². The number of carbonyl (C=O) groups excluding carboxylic acids is 1. The van der Waals surface area contributed by atoms with E-state index in [1.165, 1.54) is 23.2 Å². The van der Waals surface area contributed by atoms with E-state index in [-0.39, 0.29) is 22.3 Å². The molecule has 0 bridgehead atoms. The number of benzene rings is 2. The van der Waals surface area contributed by atoms with Crippen LogP contribution in [0.3, 0.4) is 0 Å². The smallest absolute Gasteiger partial charge is 0.296 e. The van der Waals surface area contributed by atoms with Crippen molar-refractivity contribution in [1.29, 1.82) is 0 Å².